The number of hydrogen-bond donors (Lipinski definition) is 4. The molecule has 0 aromatic carbocycles. The van der Waals surface area contributed by atoms with Crippen LogP contribution in [0.3, 0.4) is 0 Å². The summed E-state index contributed by atoms with van der Waals surface area (Å²) < 4.78 is 0.901. The Bertz CT molecular complexity index is 715. The Morgan fingerprint density at radius 2 is 2.43 bits per heavy atom. The van der Waals surface area contributed by atoms with Crippen molar-refractivity contribution >= 4 is 44.4 Å². The molecule has 2 amide bonds. The highest BCUT2D eigenvalue weighted by Gasteiger charge is 2.23. The zero-order valence-electron chi connectivity index (χ0n) is 13.0. The predicted octanol–water partition coefficient (Wildman–Crippen LogP) is 2.39. The quantitative estimate of drug-likeness (QED) is 0.656. The van der Waals surface area contributed by atoms with Crippen molar-refractivity contribution in [2.75, 3.05) is 29.9 Å². The molecule has 0 saturated carbocycles. The summed E-state index contributed by atoms with van der Waals surface area (Å²) in [6.07, 6.45) is 5.65. The van der Waals surface area contributed by atoms with Crippen LogP contribution in [0, 0.1) is 0 Å². The van der Waals surface area contributed by atoms with E-state index in [4.69, 9.17) is 5.73 Å². The molecule has 1 aliphatic rings. The van der Waals surface area contributed by atoms with Crippen LogP contribution in [0.1, 0.15) is 19.8 Å². The van der Waals surface area contributed by atoms with Gasteiger partial charge in [0.1, 0.15) is 5.65 Å². The lowest BCUT2D eigenvalue weighted by Gasteiger charge is -2.33. The van der Waals surface area contributed by atoms with Gasteiger partial charge in [-0.15, -0.1) is 0 Å². The molecular formula is C15H21BrN6O. The van der Waals surface area contributed by atoms with Gasteiger partial charge in [-0.1, -0.05) is 0 Å². The number of halogens is 1. The largest absolute Gasteiger partial charge is 0.368 e. The summed E-state index contributed by atoms with van der Waals surface area (Å²) in [6, 6.07) is -0.0627. The van der Waals surface area contributed by atoms with E-state index in [0.29, 0.717) is 12.2 Å². The molecule has 2 aromatic rings. The Morgan fingerprint density at radius 1 is 1.61 bits per heavy atom. The molecule has 2 aromatic heterocycles. The number of amides is 2. The van der Waals surface area contributed by atoms with Crippen molar-refractivity contribution in [1.82, 2.24) is 15.3 Å². The second-order valence-corrected chi connectivity index (χ2v) is 6.57. The van der Waals surface area contributed by atoms with E-state index in [1.54, 1.807) is 12.4 Å². The van der Waals surface area contributed by atoms with Gasteiger partial charge in [0.2, 0.25) is 0 Å². The molecule has 0 radical (unpaired) electrons. The fourth-order valence-electron chi connectivity index (χ4n) is 3.00. The number of fused-ring (bicyclic) bond motifs is 1. The highest BCUT2D eigenvalue weighted by molar-refractivity contribution is 9.10. The van der Waals surface area contributed by atoms with Crippen LogP contribution >= 0.6 is 15.9 Å². The molecular weight excluding hydrogens is 360 g/mol. The van der Waals surface area contributed by atoms with E-state index < -0.39 is 0 Å². The van der Waals surface area contributed by atoms with Crippen molar-refractivity contribution in [3.05, 3.63) is 16.9 Å². The second kappa shape index (κ2) is 6.76. The molecule has 7 nitrogen and oxygen atoms in total. The highest BCUT2D eigenvalue weighted by atomic mass is 79.9. The van der Waals surface area contributed by atoms with Crippen LogP contribution in [-0.2, 0) is 0 Å². The molecule has 0 spiro atoms. The third-order valence-corrected chi connectivity index (χ3v) is 4.57. The second-order valence-electron chi connectivity index (χ2n) is 5.71. The van der Waals surface area contributed by atoms with E-state index in [1.165, 1.54) is 0 Å². The third-order valence-electron chi connectivity index (χ3n) is 3.99. The van der Waals surface area contributed by atoms with Gasteiger partial charge in [-0.25, -0.2) is 9.78 Å². The number of carbonyl (C=O) groups is 1. The van der Waals surface area contributed by atoms with Gasteiger partial charge in [-0.3, -0.25) is 0 Å². The summed E-state index contributed by atoms with van der Waals surface area (Å²) in [4.78, 5) is 21.7. The van der Waals surface area contributed by atoms with E-state index in [9.17, 15) is 4.79 Å². The van der Waals surface area contributed by atoms with Crippen LogP contribution < -0.4 is 21.3 Å². The maximum atomic E-state index is 11.9. The van der Waals surface area contributed by atoms with E-state index in [2.05, 4.69) is 41.4 Å². The topological polar surface area (TPSA) is 99.1 Å². The Labute approximate surface area is 143 Å². The molecule has 0 aliphatic carbocycles. The van der Waals surface area contributed by atoms with Gasteiger partial charge in [0.25, 0.3) is 0 Å². The van der Waals surface area contributed by atoms with Crippen LogP contribution in [0.4, 0.5) is 16.2 Å². The van der Waals surface area contributed by atoms with E-state index >= 15 is 0 Å². The maximum Gasteiger partial charge on any atom is 0.319 e. The lowest BCUT2D eigenvalue weighted by Crippen LogP contribution is -2.43. The first kappa shape index (κ1) is 16.1. The van der Waals surface area contributed by atoms with Crippen molar-refractivity contribution in [3.63, 3.8) is 0 Å². The van der Waals surface area contributed by atoms with Gasteiger partial charge in [0, 0.05) is 38.1 Å². The lowest BCUT2D eigenvalue weighted by molar-refractivity contribution is 0.252. The fourth-order valence-corrected chi connectivity index (χ4v) is 3.56. The minimum Gasteiger partial charge on any atom is -0.368 e. The summed E-state index contributed by atoms with van der Waals surface area (Å²) in [6.45, 7) is 4.19. The molecule has 3 rings (SSSR count). The van der Waals surface area contributed by atoms with Crippen molar-refractivity contribution in [3.8, 4) is 0 Å². The van der Waals surface area contributed by atoms with E-state index in [0.717, 1.165) is 47.1 Å². The first-order valence-corrected chi connectivity index (χ1v) is 8.60. The van der Waals surface area contributed by atoms with Gasteiger partial charge >= 0.3 is 6.03 Å². The monoisotopic (exact) mass is 380 g/mol. The number of pyridine rings is 1. The number of rotatable bonds is 3. The average molecular weight is 381 g/mol. The first-order valence-electron chi connectivity index (χ1n) is 7.81. The summed E-state index contributed by atoms with van der Waals surface area (Å²) >= 11 is 3.60. The molecule has 1 unspecified atom stereocenters. The molecule has 8 heteroatoms. The number of nitrogens with one attached hydrogen (secondary N) is 3. The molecule has 5 N–H and O–H groups in total. The van der Waals surface area contributed by atoms with Gasteiger partial charge in [-0.05, 0) is 35.7 Å². The van der Waals surface area contributed by atoms with Crippen molar-refractivity contribution in [2.45, 2.75) is 25.8 Å². The SMILES string of the molecule is CCNC(=O)Nc1c[nH]c2ncc(Br)c(N3CCCC(N)C3)c12. The number of H-pyrrole nitrogens is 1. The van der Waals surface area contributed by atoms with Gasteiger partial charge in [-0.2, -0.15) is 0 Å². The molecule has 1 saturated heterocycles. The fraction of sp³-hybridized carbons (Fsp3) is 0.467. The number of aromatic nitrogens is 2. The molecule has 1 fully saturated rings. The van der Waals surface area contributed by atoms with Gasteiger partial charge in [0.05, 0.1) is 21.2 Å². The number of hydrogen-bond acceptors (Lipinski definition) is 4. The van der Waals surface area contributed by atoms with Crippen molar-refractivity contribution in [1.29, 1.82) is 0 Å². The minimum atomic E-state index is -0.227. The number of urea groups is 1. The van der Waals surface area contributed by atoms with E-state index in [1.807, 2.05) is 6.92 Å². The predicted molar refractivity (Wildman–Crippen MR) is 95.9 cm³/mol. The van der Waals surface area contributed by atoms with Crippen LogP contribution in [0.5, 0.6) is 0 Å². The Kier molecular flexibility index (Phi) is 4.72. The van der Waals surface area contributed by atoms with Crippen molar-refractivity contribution in [2.24, 2.45) is 5.73 Å². The van der Waals surface area contributed by atoms with Crippen molar-refractivity contribution < 1.29 is 4.79 Å². The molecule has 1 atom stereocenters. The summed E-state index contributed by atoms with van der Waals surface area (Å²) in [5.41, 5.74) is 8.62. The van der Waals surface area contributed by atoms with E-state index in [-0.39, 0.29) is 12.1 Å². The number of nitrogens with zero attached hydrogens (tertiary/aromatic N) is 2. The zero-order chi connectivity index (χ0) is 16.4. The molecule has 124 valence electrons. The highest BCUT2D eigenvalue weighted by Crippen LogP contribution is 2.38. The Morgan fingerprint density at radius 3 is 3.17 bits per heavy atom. The molecule has 23 heavy (non-hydrogen) atoms. The molecule has 1 aliphatic heterocycles. The normalized spacial score (nSPS) is 18.2. The number of aromatic amines is 1. The van der Waals surface area contributed by atoms with Crippen LogP contribution in [0.25, 0.3) is 11.0 Å². The average Bonchev–Trinajstić information content (AvgIpc) is 2.90. The zero-order valence-corrected chi connectivity index (χ0v) is 14.6. The van der Waals surface area contributed by atoms with Crippen LogP contribution in [0.15, 0.2) is 16.9 Å². The minimum absolute atomic E-state index is 0.164. The number of anilines is 2. The summed E-state index contributed by atoms with van der Waals surface area (Å²) in [5, 5.41) is 6.53. The summed E-state index contributed by atoms with van der Waals surface area (Å²) in [5.74, 6) is 0. The Balaban J connectivity index is 2.03. The van der Waals surface area contributed by atoms with Crippen LogP contribution in [0.2, 0.25) is 0 Å². The standard InChI is InChI=1S/C15H21BrN6O/c1-2-18-15(23)21-11-7-20-14-12(11)13(10(16)6-19-14)22-5-3-4-9(17)8-22/h6-7,9H,2-5,8,17H2,1H3,(H,19,20)(H2,18,21,23). The van der Waals surface area contributed by atoms with Gasteiger partial charge < -0.3 is 26.3 Å². The first-order chi connectivity index (χ1) is 11.1. The van der Waals surface area contributed by atoms with Gasteiger partial charge in [0.15, 0.2) is 0 Å². The summed E-state index contributed by atoms with van der Waals surface area (Å²) in [7, 11) is 0. The molecule has 0 bridgehead atoms. The number of carbonyl (C=O) groups excluding carboxylic acids is 1. The lowest BCUT2D eigenvalue weighted by atomic mass is 10.1. The Hall–Kier alpha value is -1.80. The maximum absolute atomic E-state index is 11.9. The smallest absolute Gasteiger partial charge is 0.319 e. The number of piperidine rings is 1. The third kappa shape index (κ3) is 3.28. The number of nitrogens with two attached hydrogens (primary N) is 1. The van der Waals surface area contributed by atoms with Crippen LogP contribution in [-0.4, -0.2) is 41.7 Å². The molecule has 3 heterocycles.